The third-order valence-corrected chi connectivity index (χ3v) is 11.7. The van der Waals surface area contributed by atoms with Gasteiger partial charge < -0.3 is 0 Å². The molecule has 0 spiro atoms. The van der Waals surface area contributed by atoms with Gasteiger partial charge in [0.15, 0.2) is 0 Å². The Balaban J connectivity index is 1.31. The van der Waals surface area contributed by atoms with Crippen LogP contribution in [-0.2, 0) is 0 Å². The number of fused-ring (bicyclic) bond motifs is 8. The van der Waals surface area contributed by atoms with Crippen LogP contribution in [0.15, 0.2) is 133 Å². The van der Waals surface area contributed by atoms with E-state index in [-0.39, 0.29) is 5.92 Å². The van der Waals surface area contributed by atoms with Crippen molar-refractivity contribution in [2.75, 3.05) is 0 Å². The van der Waals surface area contributed by atoms with Gasteiger partial charge in [0.05, 0.1) is 29.3 Å². The first kappa shape index (κ1) is 31.5. The van der Waals surface area contributed by atoms with Gasteiger partial charge in [0, 0.05) is 11.5 Å². The summed E-state index contributed by atoms with van der Waals surface area (Å²) < 4.78 is 0. The van der Waals surface area contributed by atoms with Crippen LogP contribution in [0.1, 0.15) is 45.4 Å². The Kier molecular flexibility index (Phi) is 6.94. The molecule has 0 aliphatic heterocycles. The van der Waals surface area contributed by atoms with Gasteiger partial charge in [-0.1, -0.05) is 78.9 Å². The van der Waals surface area contributed by atoms with Crippen molar-refractivity contribution in [1.29, 1.82) is 15.8 Å². The average Bonchev–Trinajstić information content (AvgIpc) is 3.53. The van der Waals surface area contributed by atoms with Gasteiger partial charge in [-0.15, -0.1) is 0 Å². The van der Waals surface area contributed by atoms with Crippen LogP contribution in [0.2, 0.25) is 0 Å². The molecule has 3 nitrogen and oxygen atoms in total. The lowest BCUT2D eigenvalue weighted by molar-refractivity contribution is 0.838. The second kappa shape index (κ2) is 11.9. The smallest absolute Gasteiger partial charge is 0.0991 e. The highest BCUT2D eigenvalue weighted by Gasteiger charge is 2.33. The molecule has 0 N–H and O–H groups in total. The highest BCUT2D eigenvalue weighted by atomic mass is 14.4. The van der Waals surface area contributed by atoms with Gasteiger partial charge >= 0.3 is 0 Å². The van der Waals surface area contributed by atoms with Gasteiger partial charge in [0.2, 0.25) is 0 Å². The zero-order valence-electron chi connectivity index (χ0n) is 29.8. The summed E-state index contributed by atoms with van der Waals surface area (Å²) in [4.78, 5) is 0. The standard InChI is InChI=1S/C51H31N3/c1-29-19-31(26-52)11-14-35(29)43-23-49-45(38-16-13-33(28-54)21-42(38)43)22-44(36-15-12-32(27-53)20-30(36)2)48-25-47-41-18-17-37(34-7-4-3-5-8-34)39-9-6-10-40(51(39)41)46(47)24-50(48)49/h3-20,22-25,42H,21H2,1-2H3. The summed E-state index contributed by atoms with van der Waals surface area (Å²) in [5, 5.41) is 34.3. The number of hydrogen-bond donors (Lipinski definition) is 0. The van der Waals surface area contributed by atoms with E-state index in [1.165, 1.54) is 55.3 Å². The molecule has 0 radical (unpaired) electrons. The molecule has 10 rings (SSSR count). The summed E-state index contributed by atoms with van der Waals surface area (Å²) in [6, 6.07) is 48.0. The quantitative estimate of drug-likeness (QED) is 0.186. The minimum Gasteiger partial charge on any atom is -0.193 e. The molecule has 0 fully saturated rings. The van der Waals surface area contributed by atoms with Gasteiger partial charge in [0.25, 0.3) is 0 Å². The molecule has 0 saturated heterocycles. The first-order chi connectivity index (χ1) is 26.4. The fourth-order valence-electron chi connectivity index (χ4n) is 9.23. The third-order valence-electron chi connectivity index (χ3n) is 11.7. The van der Waals surface area contributed by atoms with E-state index < -0.39 is 0 Å². The van der Waals surface area contributed by atoms with Crippen LogP contribution in [-0.4, -0.2) is 0 Å². The second-order valence-electron chi connectivity index (χ2n) is 14.6. The van der Waals surface area contributed by atoms with Gasteiger partial charge in [-0.3, -0.25) is 0 Å². The fraction of sp³-hybridized carbons (Fsp3) is 0.0784. The summed E-state index contributed by atoms with van der Waals surface area (Å²) >= 11 is 0. The average molecular weight is 686 g/mol. The van der Waals surface area contributed by atoms with Crippen molar-refractivity contribution in [3.8, 4) is 62.7 Å². The van der Waals surface area contributed by atoms with E-state index in [0.717, 1.165) is 55.3 Å². The fourth-order valence-corrected chi connectivity index (χ4v) is 9.23. The monoisotopic (exact) mass is 685 g/mol. The van der Waals surface area contributed by atoms with E-state index in [4.69, 9.17) is 0 Å². The Labute approximate surface area is 314 Å². The maximum atomic E-state index is 10.0. The lowest BCUT2D eigenvalue weighted by Gasteiger charge is -2.33. The number of benzene rings is 7. The highest BCUT2D eigenvalue weighted by molar-refractivity contribution is 6.22. The topological polar surface area (TPSA) is 71.4 Å². The third kappa shape index (κ3) is 4.58. The Morgan fingerprint density at radius 3 is 1.85 bits per heavy atom. The van der Waals surface area contributed by atoms with Crippen LogP contribution in [0.3, 0.4) is 0 Å². The number of nitrogens with zero attached hydrogens (tertiary/aromatic N) is 3. The lowest BCUT2D eigenvalue weighted by Crippen LogP contribution is -2.16. The van der Waals surface area contributed by atoms with Crippen molar-refractivity contribution in [2.45, 2.75) is 20.3 Å². The zero-order valence-corrected chi connectivity index (χ0v) is 29.8. The maximum Gasteiger partial charge on any atom is 0.0991 e. The van der Waals surface area contributed by atoms with E-state index in [0.29, 0.717) is 17.5 Å². The molecule has 3 aliphatic carbocycles. The molecular weight excluding hydrogens is 655 g/mol. The van der Waals surface area contributed by atoms with Gasteiger partial charge in [-0.2, -0.15) is 15.8 Å². The summed E-state index contributed by atoms with van der Waals surface area (Å²) in [5.41, 5.74) is 19.5. The number of nitriles is 3. The van der Waals surface area contributed by atoms with Crippen LogP contribution in [0.4, 0.5) is 0 Å². The molecule has 1 unspecified atom stereocenters. The van der Waals surface area contributed by atoms with Crippen molar-refractivity contribution >= 4 is 38.8 Å². The van der Waals surface area contributed by atoms with Crippen LogP contribution >= 0.6 is 0 Å². The number of rotatable bonds is 3. The predicted octanol–water partition coefficient (Wildman–Crippen LogP) is 12.7. The second-order valence-corrected chi connectivity index (χ2v) is 14.6. The normalized spacial score (nSPS) is 14.9. The molecule has 7 aromatic carbocycles. The predicted molar refractivity (Wildman–Crippen MR) is 220 cm³/mol. The highest BCUT2D eigenvalue weighted by Crippen LogP contribution is 2.55. The number of hydrogen-bond acceptors (Lipinski definition) is 3. The van der Waals surface area contributed by atoms with Crippen LogP contribution in [0.25, 0.3) is 83.3 Å². The Hall–Kier alpha value is -7.25. The van der Waals surface area contributed by atoms with Crippen LogP contribution in [0.5, 0.6) is 0 Å². The summed E-state index contributed by atoms with van der Waals surface area (Å²) in [6.07, 6.45) is 7.09. The molecule has 0 bridgehead atoms. The van der Waals surface area contributed by atoms with Crippen LogP contribution < -0.4 is 0 Å². The van der Waals surface area contributed by atoms with E-state index in [1.54, 1.807) is 0 Å². The zero-order chi connectivity index (χ0) is 36.7. The van der Waals surface area contributed by atoms with Crippen molar-refractivity contribution in [2.24, 2.45) is 5.92 Å². The minimum absolute atomic E-state index is 0.0139. The molecule has 0 heterocycles. The summed E-state index contributed by atoms with van der Waals surface area (Å²) in [6.45, 7) is 4.16. The molecule has 7 aromatic rings. The molecule has 250 valence electrons. The first-order valence-electron chi connectivity index (χ1n) is 18.3. The Morgan fingerprint density at radius 1 is 0.481 bits per heavy atom. The molecule has 54 heavy (non-hydrogen) atoms. The van der Waals surface area contributed by atoms with Crippen molar-refractivity contribution < 1.29 is 0 Å². The molecule has 3 aliphatic rings. The summed E-state index contributed by atoms with van der Waals surface area (Å²) in [7, 11) is 0. The Morgan fingerprint density at radius 2 is 1.15 bits per heavy atom. The van der Waals surface area contributed by atoms with E-state index in [2.05, 4.69) is 135 Å². The van der Waals surface area contributed by atoms with Gasteiger partial charge in [-0.25, -0.2) is 0 Å². The number of allylic oxidation sites excluding steroid dienone is 5. The molecule has 0 amide bonds. The largest absolute Gasteiger partial charge is 0.193 e. The Bertz CT molecular complexity index is 3060. The van der Waals surface area contributed by atoms with E-state index in [1.807, 2.05) is 30.3 Å². The lowest BCUT2D eigenvalue weighted by atomic mass is 9.70. The van der Waals surface area contributed by atoms with Crippen molar-refractivity contribution in [3.63, 3.8) is 0 Å². The molecule has 0 aromatic heterocycles. The number of aryl methyl sites for hydroxylation is 2. The van der Waals surface area contributed by atoms with E-state index >= 15 is 0 Å². The van der Waals surface area contributed by atoms with Gasteiger partial charge in [0.1, 0.15) is 0 Å². The maximum absolute atomic E-state index is 10.0. The van der Waals surface area contributed by atoms with Crippen molar-refractivity contribution in [3.05, 3.63) is 172 Å². The first-order valence-corrected chi connectivity index (χ1v) is 18.3. The molecule has 1 atom stereocenters. The molecule has 3 heteroatoms. The van der Waals surface area contributed by atoms with Crippen LogP contribution in [0, 0.1) is 53.8 Å². The van der Waals surface area contributed by atoms with Crippen molar-refractivity contribution in [1.82, 2.24) is 0 Å². The molecular formula is C51H31N3. The summed E-state index contributed by atoms with van der Waals surface area (Å²) in [5.74, 6) is -0.0139. The SMILES string of the molecule is Cc1cc(C#N)ccc1C1=Cc2c(cc(-c3ccc(C#N)cc3C)c3cc4c(cc23)-c2cccc3c(-c5ccccc5)ccc-4c23)C2=CC=C(C#N)CC12. The minimum atomic E-state index is -0.0139. The van der Waals surface area contributed by atoms with E-state index in [9.17, 15) is 15.8 Å². The molecule has 0 saturated carbocycles. The van der Waals surface area contributed by atoms with Gasteiger partial charge in [-0.05, 0) is 180 Å².